The topological polar surface area (TPSA) is 90.0 Å². The summed E-state index contributed by atoms with van der Waals surface area (Å²) in [5.41, 5.74) is 5.55. The molecule has 0 bridgehead atoms. The van der Waals surface area contributed by atoms with Crippen LogP contribution in [0.1, 0.15) is 0 Å². The van der Waals surface area contributed by atoms with E-state index in [0.717, 1.165) is 0 Å². The van der Waals surface area contributed by atoms with Crippen LogP contribution in [0.4, 0.5) is 5.82 Å². The third-order valence-corrected chi connectivity index (χ3v) is 4.16. The number of halogens is 1. The van der Waals surface area contributed by atoms with Crippen LogP contribution in [0, 0.1) is 0 Å². The average Bonchev–Trinajstić information content (AvgIpc) is 2.85. The van der Waals surface area contributed by atoms with E-state index in [1.807, 2.05) is 29.1 Å². The molecule has 102 valence electrons. The molecule has 0 spiro atoms. The van der Waals surface area contributed by atoms with Gasteiger partial charge in [-0.15, -0.1) is 0 Å². The van der Waals surface area contributed by atoms with Crippen LogP contribution in [0.3, 0.4) is 0 Å². The second-order valence-electron chi connectivity index (χ2n) is 3.86. The van der Waals surface area contributed by atoms with Gasteiger partial charge in [0.05, 0.1) is 5.02 Å². The molecule has 8 heteroatoms. The van der Waals surface area contributed by atoms with Crippen molar-refractivity contribution in [2.75, 3.05) is 12.3 Å². The molecule has 19 heavy (non-hydrogen) atoms. The van der Waals surface area contributed by atoms with Crippen molar-refractivity contribution >= 4 is 27.4 Å². The van der Waals surface area contributed by atoms with Crippen LogP contribution >= 0.6 is 11.6 Å². The zero-order valence-corrected chi connectivity index (χ0v) is 11.5. The van der Waals surface area contributed by atoms with E-state index in [1.165, 1.54) is 12.3 Å². The van der Waals surface area contributed by atoms with Gasteiger partial charge >= 0.3 is 0 Å². The molecule has 2 aromatic heterocycles. The number of aromatic nitrogens is 2. The molecule has 0 radical (unpaired) electrons. The third-order valence-electron chi connectivity index (χ3n) is 2.47. The van der Waals surface area contributed by atoms with Crippen molar-refractivity contribution in [1.82, 2.24) is 14.3 Å². The molecule has 0 saturated heterocycles. The Bertz CT molecular complexity index is 655. The highest BCUT2D eigenvalue weighted by atomic mass is 35.5. The smallest absolute Gasteiger partial charge is 0.244 e. The maximum atomic E-state index is 12.0. The molecule has 0 unspecified atom stereocenters. The zero-order chi connectivity index (χ0) is 13.9. The van der Waals surface area contributed by atoms with E-state index in [4.69, 9.17) is 17.3 Å². The number of nitrogens with zero attached hydrogens (tertiary/aromatic N) is 2. The standard InChI is InChI=1S/C11H13ClN4O2S/c12-9-7-10(11(13)14-8-9)19(17,18)15-3-6-16-4-1-2-5-16/h1-2,4-5,7-8,15H,3,6H2,(H2,13,14). The minimum atomic E-state index is -3.70. The van der Waals surface area contributed by atoms with Crippen LogP contribution in [0.15, 0.2) is 41.7 Å². The number of nitrogens with one attached hydrogen (secondary N) is 1. The first-order valence-electron chi connectivity index (χ1n) is 5.50. The number of pyridine rings is 1. The Morgan fingerprint density at radius 3 is 2.74 bits per heavy atom. The highest BCUT2D eigenvalue weighted by molar-refractivity contribution is 7.89. The van der Waals surface area contributed by atoms with Gasteiger partial charge in [0.15, 0.2) is 0 Å². The average molecular weight is 301 g/mol. The molecule has 0 saturated carbocycles. The Kier molecular flexibility index (Phi) is 4.08. The van der Waals surface area contributed by atoms with E-state index in [2.05, 4.69) is 9.71 Å². The quantitative estimate of drug-likeness (QED) is 0.865. The Hall–Kier alpha value is -1.57. The minimum absolute atomic E-state index is 0.0714. The van der Waals surface area contributed by atoms with E-state index >= 15 is 0 Å². The van der Waals surface area contributed by atoms with Gasteiger partial charge in [-0.2, -0.15) is 0 Å². The summed E-state index contributed by atoms with van der Waals surface area (Å²) in [5, 5.41) is 0.222. The van der Waals surface area contributed by atoms with Crippen molar-refractivity contribution in [3.63, 3.8) is 0 Å². The van der Waals surface area contributed by atoms with Gasteiger partial charge in [-0.05, 0) is 18.2 Å². The van der Waals surface area contributed by atoms with Gasteiger partial charge in [0.2, 0.25) is 10.0 Å². The second-order valence-corrected chi connectivity index (χ2v) is 6.03. The first kappa shape index (κ1) is 13.9. The van der Waals surface area contributed by atoms with Gasteiger partial charge in [-0.1, -0.05) is 11.6 Å². The summed E-state index contributed by atoms with van der Waals surface area (Å²) >= 11 is 5.72. The molecule has 0 aliphatic heterocycles. The molecular formula is C11H13ClN4O2S. The number of sulfonamides is 1. The van der Waals surface area contributed by atoms with Gasteiger partial charge < -0.3 is 10.3 Å². The summed E-state index contributed by atoms with van der Waals surface area (Å²) in [6.45, 7) is 0.781. The Labute approximate surface area is 116 Å². The highest BCUT2D eigenvalue weighted by Crippen LogP contribution is 2.19. The van der Waals surface area contributed by atoms with Crippen LogP contribution in [-0.4, -0.2) is 24.5 Å². The molecule has 2 heterocycles. The van der Waals surface area contributed by atoms with E-state index < -0.39 is 10.0 Å². The zero-order valence-electron chi connectivity index (χ0n) is 9.95. The predicted molar refractivity (Wildman–Crippen MR) is 73.3 cm³/mol. The molecule has 0 fully saturated rings. The van der Waals surface area contributed by atoms with Crippen molar-refractivity contribution < 1.29 is 8.42 Å². The molecule has 0 aliphatic carbocycles. The molecule has 0 aliphatic rings. The van der Waals surface area contributed by atoms with Crippen LogP contribution in [0.25, 0.3) is 0 Å². The molecular weight excluding hydrogens is 288 g/mol. The lowest BCUT2D eigenvalue weighted by Crippen LogP contribution is -2.28. The first-order chi connectivity index (χ1) is 8.99. The van der Waals surface area contributed by atoms with Crippen LogP contribution in [0.5, 0.6) is 0 Å². The van der Waals surface area contributed by atoms with Crippen molar-refractivity contribution in [3.05, 3.63) is 41.8 Å². The lowest BCUT2D eigenvalue weighted by atomic mass is 10.5. The molecule has 3 N–H and O–H groups in total. The fourth-order valence-corrected chi connectivity index (χ4v) is 2.90. The van der Waals surface area contributed by atoms with Crippen molar-refractivity contribution in [3.8, 4) is 0 Å². The lowest BCUT2D eigenvalue weighted by molar-refractivity contribution is 0.573. The molecule has 0 atom stereocenters. The number of nitrogens with two attached hydrogens (primary N) is 1. The number of nitrogen functional groups attached to an aromatic ring is 1. The van der Waals surface area contributed by atoms with E-state index in [9.17, 15) is 8.42 Å². The SMILES string of the molecule is Nc1ncc(Cl)cc1S(=O)(=O)NCCn1cccc1. The maximum Gasteiger partial charge on any atom is 0.244 e. The van der Waals surface area contributed by atoms with Gasteiger partial charge in [-0.3, -0.25) is 0 Å². The van der Waals surface area contributed by atoms with Gasteiger partial charge in [0.25, 0.3) is 0 Å². The van der Waals surface area contributed by atoms with E-state index in [-0.39, 0.29) is 22.3 Å². The predicted octanol–water partition coefficient (Wildman–Crippen LogP) is 1.10. The molecule has 0 aromatic carbocycles. The van der Waals surface area contributed by atoms with Crippen molar-refractivity contribution in [2.45, 2.75) is 11.4 Å². The number of hydrogen-bond donors (Lipinski definition) is 2. The minimum Gasteiger partial charge on any atom is -0.383 e. The van der Waals surface area contributed by atoms with Gasteiger partial charge in [0.1, 0.15) is 10.7 Å². The Morgan fingerprint density at radius 2 is 2.05 bits per heavy atom. The second kappa shape index (κ2) is 5.60. The number of hydrogen-bond acceptors (Lipinski definition) is 4. The largest absolute Gasteiger partial charge is 0.383 e. The van der Waals surface area contributed by atoms with Crippen molar-refractivity contribution in [1.29, 1.82) is 0 Å². The fourth-order valence-electron chi connectivity index (χ4n) is 1.55. The molecule has 0 amide bonds. The third kappa shape index (κ3) is 3.46. The Balaban J connectivity index is 2.07. The van der Waals surface area contributed by atoms with E-state index in [0.29, 0.717) is 6.54 Å². The van der Waals surface area contributed by atoms with Crippen LogP contribution < -0.4 is 10.5 Å². The van der Waals surface area contributed by atoms with Crippen molar-refractivity contribution in [2.24, 2.45) is 0 Å². The maximum absolute atomic E-state index is 12.0. The highest BCUT2D eigenvalue weighted by Gasteiger charge is 2.18. The van der Waals surface area contributed by atoms with Crippen LogP contribution in [-0.2, 0) is 16.6 Å². The summed E-state index contributed by atoms with van der Waals surface area (Å²) in [4.78, 5) is 3.62. The number of rotatable bonds is 5. The summed E-state index contributed by atoms with van der Waals surface area (Å²) in [5.74, 6) is -0.0714. The monoisotopic (exact) mass is 300 g/mol. The summed E-state index contributed by atoms with van der Waals surface area (Å²) in [6, 6.07) is 5.02. The lowest BCUT2D eigenvalue weighted by Gasteiger charge is -2.09. The van der Waals surface area contributed by atoms with Gasteiger partial charge in [0, 0.05) is 31.7 Å². The van der Waals surface area contributed by atoms with Crippen LogP contribution in [0.2, 0.25) is 5.02 Å². The molecule has 2 aromatic rings. The fraction of sp³-hybridized carbons (Fsp3) is 0.182. The van der Waals surface area contributed by atoms with E-state index in [1.54, 1.807) is 0 Å². The summed E-state index contributed by atoms with van der Waals surface area (Å²) in [7, 11) is -3.70. The molecule has 2 rings (SSSR count). The normalized spacial score (nSPS) is 11.6. The first-order valence-corrected chi connectivity index (χ1v) is 7.36. The summed E-state index contributed by atoms with van der Waals surface area (Å²) < 4.78 is 28.4. The van der Waals surface area contributed by atoms with Gasteiger partial charge in [-0.25, -0.2) is 18.1 Å². The molecule has 6 nitrogen and oxygen atoms in total. The number of anilines is 1. The Morgan fingerprint density at radius 1 is 1.37 bits per heavy atom. The summed E-state index contributed by atoms with van der Waals surface area (Å²) in [6.07, 6.45) is 5.00.